The Labute approximate surface area is 188 Å². The van der Waals surface area contributed by atoms with E-state index in [2.05, 4.69) is 59.9 Å². The van der Waals surface area contributed by atoms with Gasteiger partial charge in [-0.1, -0.05) is 41.5 Å². The highest BCUT2D eigenvalue weighted by atomic mass is 32.1. The summed E-state index contributed by atoms with van der Waals surface area (Å²) in [4.78, 5) is 25.2. The molecule has 160 valence electrons. The third-order valence-electron chi connectivity index (χ3n) is 5.44. The Balaban J connectivity index is 1.50. The summed E-state index contributed by atoms with van der Waals surface area (Å²) in [5, 5.41) is 19.1. The minimum Gasteiger partial charge on any atom is -0.362 e. The number of thiophene rings is 1. The molecule has 1 aromatic carbocycles. The number of hydrogen-bond acceptors (Lipinski definition) is 8. The van der Waals surface area contributed by atoms with Gasteiger partial charge in [0.05, 0.1) is 18.0 Å². The predicted octanol–water partition coefficient (Wildman–Crippen LogP) is 2.51. The van der Waals surface area contributed by atoms with Crippen LogP contribution in [0.3, 0.4) is 0 Å². The minimum absolute atomic E-state index is 0.0936. The van der Waals surface area contributed by atoms with Crippen molar-refractivity contribution in [1.29, 1.82) is 0 Å². The first-order chi connectivity index (χ1) is 15.7. The Bertz CT molecular complexity index is 1310. The Morgan fingerprint density at radius 1 is 1.31 bits per heavy atom. The third kappa shape index (κ3) is 3.90. The molecule has 1 aliphatic heterocycles. The van der Waals surface area contributed by atoms with Crippen LogP contribution in [0.25, 0.3) is 10.2 Å². The van der Waals surface area contributed by atoms with Crippen LogP contribution < -0.4 is 5.32 Å². The molecule has 0 fully saturated rings. The largest absolute Gasteiger partial charge is 0.362 e. The zero-order valence-electron chi connectivity index (χ0n) is 17.4. The highest BCUT2D eigenvalue weighted by Gasteiger charge is 2.26. The molecular weight excluding hydrogens is 424 g/mol. The van der Waals surface area contributed by atoms with Crippen molar-refractivity contribution in [2.75, 3.05) is 11.9 Å². The summed E-state index contributed by atoms with van der Waals surface area (Å²) in [6.07, 6.45) is 2.88. The standard InChI is InChI=1S/C22H20N8OS/c1-2-6-19(31)30-10-9-15-17(12-30)32-22-20(15)21(23-13-24-22)25-16(11-18-26-28-29-27-18)14-7-4-3-5-8-14/h3-5,7-8,13,16H,9-12H2,1H3,(H,23,24,25)(H,26,27,28,29)/t16-/m1/s1. The fourth-order valence-electron chi connectivity index (χ4n) is 3.95. The van der Waals surface area contributed by atoms with Gasteiger partial charge < -0.3 is 10.2 Å². The number of rotatable bonds is 5. The highest BCUT2D eigenvalue weighted by molar-refractivity contribution is 7.19. The van der Waals surface area contributed by atoms with Crippen LogP contribution in [-0.2, 0) is 24.2 Å². The average Bonchev–Trinajstić information content (AvgIpc) is 3.46. The molecule has 32 heavy (non-hydrogen) atoms. The molecule has 0 spiro atoms. The molecule has 1 atom stereocenters. The number of carbonyl (C=O) groups excluding carboxylic acids is 1. The first-order valence-electron chi connectivity index (χ1n) is 10.2. The lowest BCUT2D eigenvalue weighted by atomic mass is 10.0. The van der Waals surface area contributed by atoms with Crippen LogP contribution in [0.5, 0.6) is 0 Å². The summed E-state index contributed by atoms with van der Waals surface area (Å²) < 4.78 is 0. The monoisotopic (exact) mass is 444 g/mol. The minimum atomic E-state index is -0.135. The second-order valence-corrected chi connectivity index (χ2v) is 8.48. The first kappa shape index (κ1) is 20.1. The molecule has 4 heterocycles. The van der Waals surface area contributed by atoms with Crippen molar-refractivity contribution in [3.8, 4) is 11.8 Å². The Morgan fingerprint density at radius 2 is 2.19 bits per heavy atom. The number of tetrazole rings is 1. The number of anilines is 1. The van der Waals surface area contributed by atoms with E-state index in [4.69, 9.17) is 0 Å². The molecule has 10 heteroatoms. The lowest BCUT2D eigenvalue weighted by molar-refractivity contribution is -0.125. The highest BCUT2D eigenvalue weighted by Crippen LogP contribution is 2.38. The summed E-state index contributed by atoms with van der Waals surface area (Å²) in [5.74, 6) is 6.59. The van der Waals surface area contributed by atoms with E-state index in [1.165, 1.54) is 5.56 Å². The van der Waals surface area contributed by atoms with Crippen molar-refractivity contribution in [1.82, 2.24) is 35.5 Å². The van der Waals surface area contributed by atoms with Crippen molar-refractivity contribution >= 4 is 33.3 Å². The molecule has 4 aromatic rings. The molecule has 0 saturated heterocycles. The molecular formula is C22H20N8OS. The Kier molecular flexibility index (Phi) is 5.47. The third-order valence-corrected chi connectivity index (χ3v) is 6.57. The van der Waals surface area contributed by atoms with Gasteiger partial charge in [0.2, 0.25) is 0 Å². The van der Waals surface area contributed by atoms with E-state index in [1.807, 2.05) is 18.2 Å². The molecule has 1 aliphatic rings. The van der Waals surface area contributed by atoms with Gasteiger partial charge >= 0.3 is 0 Å². The number of amides is 1. The van der Waals surface area contributed by atoms with Gasteiger partial charge in [-0.15, -0.1) is 21.5 Å². The number of benzene rings is 1. The number of fused-ring (bicyclic) bond motifs is 3. The van der Waals surface area contributed by atoms with Crippen LogP contribution >= 0.6 is 11.3 Å². The number of H-pyrrole nitrogens is 1. The molecule has 2 N–H and O–H groups in total. The first-order valence-corrected chi connectivity index (χ1v) is 11.0. The van der Waals surface area contributed by atoms with E-state index in [0.717, 1.165) is 32.9 Å². The van der Waals surface area contributed by atoms with Crippen LogP contribution in [0.4, 0.5) is 5.82 Å². The lowest BCUT2D eigenvalue weighted by Gasteiger charge is -2.25. The van der Waals surface area contributed by atoms with E-state index >= 15 is 0 Å². The number of carbonyl (C=O) groups is 1. The molecule has 0 bridgehead atoms. The van der Waals surface area contributed by atoms with Gasteiger partial charge in [0.15, 0.2) is 5.82 Å². The molecule has 5 rings (SSSR count). The van der Waals surface area contributed by atoms with Gasteiger partial charge in [-0.3, -0.25) is 4.79 Å². The molecule has 1 amide bonds. The van der Waals surface area contributed by atoms with Gasteiger partial charge in [-0.2, -0.15) is 5.21 Å². The molecule has 0 saturated carbocycles. The molecule has 0 aliphatic carbocycles. The van der Waals surface area contributed by atoms with Crippen molar-refractivity contribution in [2.45, 2.75) is 32.4 Å². The second kappa shape index (κ2) is 8.72. The molecule has 3 aromatic heterocycles. The van der Waals surface area contributed by atoms with Gasteiger partial charge in [0.25, 0.3) is 5.91 Å². The summed E-state index contributed by atoms with van der Waals surface area (Å²) in [6, 6.07) is 10.0. The van der Waals surface area contributed by atoms with Crippen LogP contribution in [0, 0.1) is 11.8 Å². The maximum Gasteiger partial charge on any atom is 0.298 e. The molecule has 0 unspecified atom stereocenters. The van der Waals surface area contributed by atoms with Gasteiger partial charge in [-0.05, 0) is 30.4 Å². The van der Waals surface area contributed by atoms with E-state index in [9.17, 15) is 4.79 Å². The average molecular weight is 445 g/mol. The quantitative estimate of drug-likeness (QED) is 0.455. The number of aromatic amines is 1. The SMILES string of the molecule is CC#CC(=O)N1CCc2c(sc3ncnc(N[C@H](Cc4nn[nH]n4)c4ccccc4)c23)C1. The zero-order chi connectivity index (χ0) is 21.9. The maximum absolute atomic E-state index is 12.2. The maximum atomic E-state index is 12.2. The number of nitrogens with one attached hydrogen (secondary N) is 2. The summed E-state index contributed by atoms with van der Waals surface area (Å²) >= 11 is 1.61. The van der Waals surface area contributed by atoms with E-state index in [1.54, 1.807) is 29.5 Å². The van der Waals surface area contributed by atoms with Crippen LogP contribution in [0.2, 0.25) is 0 Å². The van der Waals surface area contributed by atoms with Crippen molar-refractivity contribution in [3.63, 3.8) is 0 Å². The number of nitrogens with zero attached hydrogens (tertiary/aromatic N) is 6. The fourth-order valence-corrected chi connectivity index (χ4v) is 5.15. The number of hydrogen-bond donors (Lipinski definition) is 2. The molecule has 0 radical (unpaired) electrons. The fraction of sp³-hybridized carbons (Fsp3) is 0.273. The van der Waals surface area contributed by atoms with Gasteiger partial charge in [-0.25, -0.2) is 9.97 Å². The summed E-state index contributed by atoms with van der Waals surface area (Å²) in [5.41, 5.74) is 2.30. The predicted molar refractivity (Wildman–Crippen MR) is 121 cm³/mol. The van der Waals surface area contributed by atoms with Gasteiger partial charge in [0, 0.05) is 17.8 Å². The Hall–Kier alpha value is -3.84. The van der Waals surface area contributed by atoms with Crippen LogP contribution in [0.1, 0.15) is 34.8 Å². The van der Waals surface area contributed by atoms with E-state index < -0.39 is 0 Å². The van der Waals surface area contributed by atoms with E-state index in [0.29, 0.717) is 25.3 Å². The molecule has 9 nitrogen and oxygen atoms in total. The summed E-state index contributed by atoms with van der Waals surface area (Å²) in [6.45, 7) is 2.86. The van der Waals surface area contributed by atoms with Crippen molar-refractivity contribution in [3.05, 3.63) is 58.5 Å². The second-order valence-electron chi connectivity index (χ2n) is 7.40. The smallest absolute Gasteiger partial charge is 0.298 e. The summed E-state index contributed by atoms with van der Waals surface area (Å²) in [7, 11) is 0. The van der Waals surface area contributed by atoms with Crippen LogP contribution in [-0.4, -0.2) is 47.9 Å². The van der Waals surface area contributed by atoms with Crippen molar-refractivity contribution in [2.24, 2.45) is 0 Å². The topological polar surface area (TPSA) is 113 Å². The Morgan fingerprint density at radius 3 is 2.97 bits per heavy atom. The number of aromatic nitrogens is 6. The van der Waals surface area contributed by atoms with Gasteiger partial charge in [0.1, 0.15) is 17.0 Å². The van der Waals surface area contributed by atoms with Crippen LogP contribution in [0.15, 0.2) is 36.7 Å². The van der Waals surface area contributed by atoms with Crippen molar-refractivity contribution < 1.29 is 4.79 Å². The zero-order valence-corrected chi connectivity index (χ0v) is 18.2. The lowest BCUT2D eigenvalue weighted by Crippen LogP contribution is -2.34. The normalized spacial score (nSPS) is 13.8. The van der Waals surface area contributed by atoms with E-state index in [-0.39, 0.29) is 11.9 Å².